The molecule has 0 unspecified atom stereocenters. The Morgan fingerprint density at radius 3 is 2.60 bits per heavy atom. The minimum atomic E-state index is -0.434. The van der Waals surface area contributed by atoms with E-state index < -0.39 is 5.82 Å². The molecule has 0 atom stereocenters. The van der Waals surface area contributed by atoms with Crippen molar-refractivity contribution in [3.8, 4) is 0 Å². The fourth-order valence-corrected chi connectivity index (χ4v) is 1.96. The first-order valence-corrected chi connectivity index (χ1v) is 6.28. The Bertz CT molecular complexity index is 633. The zero-order chi connectivity index (χ0) is 14.7. The molecule has 1 amide bonds. The van der Waals surface area contributed by atoms with Crippen molar-refractivity contribution in [1.29, 1.82) is 0 Å². The normalized spacial score (nSPS) is 10.4. The number of carbonyl (C=O) groups is 1. The van der Waals surface area contributed by atoms with E-state index in [1.165, 1.54) is 12.1 Å². The maximum Gasteiger partial charge on any atom is 0.255 e. The number of rotatable bonds is 3. The summed E-state index contributed by atoms with van der Waals surface area (Å²) in [6.07, 6.45) is 0. The summed E-state index contributed by atoms with van der Waals surface area (Å²) < 4.78 is 13.3. The van der Waals surface area contributed by atoms with Crippen LogP contribution in [0.2, 0.25) is 0 Å². The molecule has 0 spiro atoms. The molecule has 20 heavy (non-hydrogen) atoms. The molecule has 0 bridgehead atoms. The van der Waals surface area contributed by atoms with Gasteiger partial charge in [-0.25, -0.2) is 4.39 Å². The summed E-state index contributed by atoms with van der Waals surface area (Å²) in [5.74, 6) is -0.804. The first-order valence-electron chi connectivity index (χ1n) is 6.28. The molecule has 0 radical (unpaired) electrons. The number of aliphatic hydroxyl groups is 1. The maximum absolute atomic E-state index is 13.3. The van der Waals surface area contributed by atoms with Crippen molar-refractivity contribution in [2.75, 3.05) is 5.32 Å². The number of carbonyl (C=O) groups excluding carboxylic acids is 1. The van der Waals surface area contributed by atoms with Crippen LogP contribution < -0.4 is 5.32 Å². The van der Waals surface area contributed by atoms with E-state index in [9.17, 15) is 9.18 Å². The van der Waals surface area contributed by atoms with E-state index >= 15 is 0 Å². The summed E-state index contributed by atoms with van der Waals surface area (Å²) in [5, 5.41) is 11.9. The molecule has 0 aliphatic carbocycles. The van der Waals surface area contributed by atoms with Gasteiger partial charge in [-0.15, -0.1) is 0 Å². The van der Waals surface area contributed by atoms with Crippen molar-refractivity contribution < 1.29 is 14.3 Å². The van der Waals surface area contributed by atoms with Crippen molar-refractivity contribution in [2.24, 2.45) is 0 Å². The van der Waals surface area contributed by atoms with Gasteiger partial charge in [0.2, 0.25) is 0 Å². The minimum Gasteiger partial charge on any atom is -0.392 e. The number of aliphatic hydroxyl groups excluding tert-OH is 1. The summed E-state index contributed by atoms with van der Waals surface area (Å²) in [6, 6.07) is 9.51. The Morgan fingerprint density at radius 2 is 1.95 bits per heavy atom. The molecular formula is C16H16FNO2. The van der Waals surface area contributed by atoms with Gasteiger partial charge >= 0.3 is 0 Å². The van der Waals surface area contributed by atoms with E-state index in [1.807, 2.05) is 13.0 Å². The van der Waals surface area contributed by atoms with Crippen molar-refractivity contribution in [1.82, 2.24) is 0 Å². The summed E-state index contributed by atoms with van der Waals surface area (Å²) in [6.45, 7) is 3.49. The summed E-state index contributed by atoms with van der Waals surface area (Å²) in [7, 11) is 0. The highest BCUT2D eigenvalue weighted by Crippen LogP contribution is 2.18. The minimum absolute atomic E-state index is 0.0950. The predicted molar refractivity (Wildman–Crippen MR) is 76.2 cm³/mol. The van der Waals surface area contributed by atoms with Crippen molar-refractivity contribution >= 4 is 11.6 Å². The van der Waals surface area contributed by atoms with Crippen LogP contribution in [0.3, 0.4) is 0 Å². The van der Waals surface area contributed by atoms with E-state index in [0.717, 1.165) is 5.56 Å². The number of nitrogens with one attached hydrogen (secondary N) is 1. The average Bonchev–Trinajstić information content (AvgIpc) is 2.40. The highest BCUT2D eigenvalue weighted by atomic mass is 19.1. The van der Waals surface area contributed by atoms with Gasteiger partial charge in [-0.05, 0) is 54.8 Å². The number of hydrogen-bond donors (Lipinski definition) is 2. The summed E-state index contributed by atoms with van der Waals surface area (Å²) >= 11 is 0. The first-order chi connectivity index (χ1) is 9.49. The smallest absolute Gasteiger partial charge is 0.255 e. The van der Waals surface area contributed by atoms with Gasteiger partial charge in [-0.1, -0.05) is 12.1 Å². The van der Waals surface area contributed by atoms with Crippen molar-refractivity contribution in [2.45, 2.75) is 20.5 Å². The van der Waals surface area contributed by atoms with E-state index in [-0.39, 0.29) is 18.1 Å². The second-order valence-corrected chi connectivity index (χ2v) is 4.78. The quantitative estimate of drug-likeness (QED) is 0.902. The van der Waals surface area contributed by atoms with Crippen molar-refractivity contribution in [3.05, 3.63) is 64.5 Å². The van der Waals surface area contributed by atoms with Crippen LogP contribution in [0.15, 0.2) is 36.4 Å². The molecule has 4 heteroatoms. The van der Waals surface area contributed by atoms with Crippen LogP contribution in [0.5, 0.6) is 0 Å². The Hall–Kier alpha value is -2.20. The van der Waals surface area contributed by atoms with E-state index in [4.69, 9.17) is 5.11 Å². The van der Waals surface area contributed by atoms with E-state index in [1.54, 1.807) is 25.1 Å². The second kappa shape index (κ2) is 5.84. The molecule has 2 aromatic carbocycles. The Labute approximate surface area is 117 Å². The zero-order valence-electron chi connectivity index (χ0n) is 11.4. The number of amides is 1. The summed E-state index contributed by atoms with van der Waals surface area (Å²) in [5.41, 5.74) is 3.17. The summed E-state index contributed by atoms with van der Waals surface area (Å²) in [4.78, 5) is 12.1. The molecule has 0 aromatic heterocycles. The van der Waals surface area contributed by atoms with Crippen LogP contribution in [0.4, 0.5) is 10.1 Å². The van der Waals surface area contributed by atoms with Gasteiger partial charge in [-0.3, -0.25) is 4.79 Å². The number of halogens is 1. The Kier molecular flexibility index (Phi) is 4.15. The monoisotopic (exact) mass is 273 g/mol. The van der Waals surface area contributed by atoms with Crippen LogP contribution in [0, 0.1) is 19.7 Å². The fourth-order valence-electron chi connectivity index (χ4n) is 1.96. The first kappa shape index (κ1) is 14.2. The molecule has 104 valence electrons. The standard InChI is InChI=1S/C16H16FNO2/c1-10-5-13(8-14(17)6-10)16(20)18-15-7-12(9-19)4-3-11(15)2/h3-8,19H,9H2,1-2H3,(H,18,20). The third-order valence-electron chi connectivity index (χ3n) is 3.04. The van der Waals surface area contributed by atoms with Gasteiger partial charge in [0, 0.05) is 11.3 Å². The molecule has 2 rings (SSSR count). The van der Waals surface area contributed by atoms with Gasteiger partial charge < -0.3 is 10.4 Å². The number of hydrogen-bond acceptors (Lipinski definition) is 2. The van der Waals surface area contributed by atoms with Gasteiger partial charge in [0.05, 0.1) is 6.61 Å². The van der Waals surface area contributed by atoms with Gasteiger partial charge in [0.25, 0.3) is 5.91 Å². The lowest BCUT2D eigenvalue weighted by atomic mass is 10.1. The highest BCUT2D eigenvalue weighted by molar-refractivity contribution is 6.04. The topological polar surface area (TPSA) is 49.3 Å². The molecule has 0 saturated heterocycles. The molecule has 0 aliphatic rings. The van der Waals surface area contributed by atoms with Crippen LogP contribution in [0.25, 0.3) is 0 Å². The molecule has 0 aliphatic heterocycles. The Balaban J connectivity index is 2.27. The lowest BCUT2D eigenvalue weighted by Gasteiger charge is -2.10. The van der Waals surface area contributed by atoms with Gasteiger partial charge in [-0.2, -0.15) is 0 Å². The SMILES string of the molecule is Cc1cc(F)cc(C(=O)Nc2cc(CO)ccc2C)c1. The fraction of sp³-hybridized carbons (Fsp3) is 0.188. The molecule has 3 nitrogen and oxygen atoms in total. The van der Waals surface area contributed by atoms with Gasteiger partial charge in [0.1, 0.15) is 5.82 Å². The molecule has 0 fully saturated rings. The van der Waals surface area contributed by atoms with Gasteiger partial charge in [0.15, 0.2) is 0 Å². The molecule has 2 N–H and O–H groups in total. The molecule has 0 saturated carbocycles. The predicted octanol–water partition coefficient (Wildman–Crippen LogP) is 3.19. The lowest BCUT2D eigenvalue weighted by Crippen LogP contribution is -2.13. The third kappa shape index (κ3) is 3.22. The maximum atomic E-state index is 13.3. The van der Waals surface area contributed by atoms with Crippen molar-refractivity contribution in [3.63, 3.8) is 0 Å². The molecular weight excluding hydrogens is 257 g/mol. The van der Waals surface area contributed by atoms with E-state index in [0.29, 0.717) is 16.8 Å². The van der Waals surface area contributed by atoms with Crippen LogP contribution in [-0.2, 0) is 6.61 Å². The van der Waals surface area contributed by atoms with E-state index in [2.05, 4.69) is 5.32 Å². The number of aryl methyl sites for hydroxylation is 2. The van der Waals surface area contributed by atoms with Crippen LogP contribution >= 0.6 is 0 Å². The zero-order valence-corrected chi connectivity index (χ0v) is 11.4. The van der Waals surface area contributed by atoms with Crippen LogP contribution in [0.1, 0.15) is 27.0 Å². The largest absolute Gasteiger partial charge is 0.392 e. The molecule has 2 aromatic rings. The number of anilines is 1. The lowest BCUT2D eigenvalue weighted by molar-refractivity contribution is 0.102. The second-order valence-electron chi connectivity index (χ2n) is 4.78. The van der Waals surface area contributed by atoms with Crippen LogP contribution in [-0.4, -0.2) is 11.0 Å². The highest BCUT2D eigenvalue weighted by Gasteiger charge is 2.10. The molecule has 0 heterocycles. The third-order valence-corrected chi connectivity index (χ3v) is 3.04. The Morgan fingerprint density at radius 1 is 1.20 bits per heavy atom. The number of benzene rings is 2. The average molecular weight is 273 g/mol.